The second-order valence-corrected chi connectivity index (χ2v) is 20.5. The molecule has 0 saturated heterocycles. The second kappa shape index (κ2) is 12.8. The molecular formula is C24H28Cl2HfSi-2. The third-order valence-corrected chi connectivity index (χ3v) is 4.05. The van der Waals surface area contributed by atoms with Gasteiger partial charge >= 0.3 is 41.6 Å². The van der Waals surface area contributed by atoms with Gasteiger partial charge in [-0.05, 0) is 0 Å². The zero-order valence-electron chi connectivity index (χ0n) is 17.3. The van der Waals surface area contributed by atoms with E-state index in [4.69, 9.17) is 0 Å². The standard InChI is InChI=1S/C13H9.C9H13.C2H6Si.2ClH.Hf/c1-3-7-12-10(5-1)9-11-6-2-4-8-13(11)12;1-9(2,3)8-6-4-5-7-8;1-3-2;;;/h1-9H;4-7H,1-3H3;1-2H3;2*1H;/q2*-1;;;;+2/p-2. The smallest absolute Gasteiger partial charge is 0.0771 e. The Bertz CT molecular complexity index is 909. The fourth-order valence-corrected chi connectivity index (χ4v) is 2.78. The first-order chi connectivity index (χ1) is 12.3. The Balaban J connectivity index is 0.000000432. The first-order valence-corrected chi connectivity index (χ1v) is 16.9. The molecule has 28 heavy (non-hydrogen) atoms. The third-order valence-electron chi connectivity index (χ3n) is 4.05. The van der Waals surface area contributed by atoms with Crippen molar-refractivity contribution in [2.75, 3.05) is 0 Å². The fraction of sp³-hybridized carbons (Fsp3) is 0.250. The summed E-state index contributed by atoms with van der Waals surface area (Å²) in [6, 6.07) is 27.8. The van der Waals surface area contributed by atoms with Crippen LogP contribution in [0.3, 0.4) is 0 Å². The van der Waals surface area contributed by atoms with E-state index in [1.165, 1.54) is 50.1 Å². The number of rotatable bonds is 0. The van der Waals surface area contributed by atoms with Crippen molar-refractivity contribution in [2.24, 2.45) is 0 Å². The molecule has 0 aliphatic rings. The average molecular weight is 594 g/mol. The molecule has 0 N–H and O–H groups in total. The van der Waals surface area contributed by atoms with Crippen LogP contribution < -0.4 is 24.8 Å². The Kier molecular flexibility index (Phi) is 12.5. The summed E-state index contributed by atoms with van der Waals surface area (Å²) in [5, 5.41) is 5.39. The minimum absolute atomic E-state index is 0. The van der Waals surface area contributed by atoms with Crippen LogP contribution >= 0.6 is 0 Å². The monoisotopic (exact) mass is 594 g/mol. The molecule has 0 amide bonds. The van der Waals surface area contributed by atoms with Gasteiger partial charge in [0.05, 0.1) is 0 Å². The van der Waals surface area contributed by atoms with Crippen molar-refractivity contribution in [3.05, 3.63) is 84.4 Å². The third kappa shape index (κ3) is 8.37. The van der Waals surface area contributed by atoms with E-state index in [9.17, 15) is 0 Å². The van der Waals surface area contributed by atoms with Gasteiger partial charge in [0.25, 0.3) is 0 Å². The van der Waals surface area contributed by atoms with Gasteiger partial charge in [0.1, 0.15) is 0 Å². The molecule has 0 heterocycles. The maximum atomic E-state index is 2.33. The molecule has 4 heteroatoms. The van der Waals surface area contributed by atoms with Crippen LogP contribution in [0.1, 0.15) is 26.3 Å². The zero-order valence-corrected chi connectivity index (χ0v) is 23.4. The molecule has 148 valence electrons. The van der Waals surface area contributed by atoms with Crippen LogP contribution in [0.15, 0.2) is 78.9 Å². The second-order valence-electron chi connectivity index (χ2n) is 7.74. The molecular weight excluding hydrogens is 566 g/mol. The summed E-state index contributed by atoms with van der Waals surface area (Å²) in [4.78, 5) is 0. The van der Waals surface area contributed by atoms with E-state index in [-0.39, 0.29) is 30.3 Å². The van der Waals surface area contributed by atoms with Gasteiger partial charge in [0, 0.05) is 0 Å². The SMILES string of the molecule is CC(C)(C)c1cc[cH-]c1.C[Si](C)=[Hf+2].[Cl-].[Cl-].c1ccc2c(c1)[cH-]c1ccccc12. The quantitative estimate of drug-likeness (QED) is 0.213. The van der Waals surface area contributed by atoms with Crippen LogP contribution in [0.5, 0.6) is 0 Å². The predicted octanol–water partition coefficient (Wildman–Crippen LogP) is 1.21. The van der Waals surface area contributed by atoms with Crippen molar-refractivity contribution in [3.63, 3.8) is 0 Å². The maximum absolute atomic E-state index is 2.33. The molecule has 0 aliphatic carbocycles. The molecule has 4 rings (SSSR count). The predicted molar refractivity (Wildman–Crippen MR) is 115 cm³/mol. The van der Waals surface area contributed by atoms with E-state index in [1.807, 2.05) is 0 Å². The van der Waals surface area contributed by atoms with Gasteiger partial charge < -0.3 is 24.8 Å². The van der Waals surface area contributed by atoms with Crippen LogP contribution in [-0.2, 0) is 28.4 Å². The Labute approximate surface area is 197 Å². The van der Waals surface area contributed by atoms with Crippen LogP contribution in [0.4, 0.5) is 0 Å². The number of halogens is 2. The summed E-state index contributed by atoms with van der Waals surface area (Å²) in [5.41, 5.74) is 2.00. The minimum atomic E-state index is 0. The molecule has 0 unspecified atom stereocenters. The number of hydrogen-bond acceptors (Lipinski definition) is 0. The van der Waals surface area contributed by atoms with Gasteiger partial charge in [-0.2, -0.15) is 23.8 Å². The van der Waals surface area contributed by atoms with Crippen LogP contribution in [0, 0.1) is 0 Å². The van der Waals surface area contributed by atoms with E-state index < -0.39 is 0 Å². The molecule has 0 saturated carbocycles. The van der Waals surface area contributed by atoms with E-state index >= 15 is 0 Å². The molecule has 0 fully saturated rings. The van der Waals surface area contributed by atoms with Crippen LogP contribution in [0.25, 0.3) is 21.5 Å². The van der Waals surface area contributed by atoms with Crippen molar-refractivity contribution in [3.8, 4) is 0 Å². The van der Waals surface area contributed by atoms with E-state index in [0.29, 0.717) is 5.41 Å². The molecule has 0 aromatic heterocycles. The molecule has 0 bridgehead atoms. The molecule has 0 spiro atoms. The molecule has 4 aromatic carbocycles. The van der Waals surface area contributed by atoms with Gasteiger partial charge in [0.2, 0.25) is 0 Å². The summed E-state index contributed by atoms with van der Waals surface area (Å²) in [6.45, 7) is 11.3. The van der Waals surface area contributed by atoms with E-state index in [1.54, 1.807) is 0 Å². The topological polar surface area (TPSA) is 0 Å². The van der Waals surface area contributed by atoms with Crippen molar-refractivity contribution in [1.82, 2.24) is 0 Å². The number of fused-ring (bicyclic) bond motifs is 3. The molecule has 0 atom stereocenters. The summed E-state index contributed by atoms with van der Waals surface area (Å²) >= 11 is 1.45. The van der Waals surface area contributed by atoms with Gasteiger partial charge in [-0.25, -0.2) is 6.07 Å². The van der Waals surface area contributed by atoms with Crippen LogP contribution in [-0.4, -0.2) is 5.49 Å². The Morgan fingerprint density at radius 3 is 1.54 bits per heavy atom. The van der Waals surface area contributed by atoms with Crippen molar-refractivity contribution < 1.29 is 47.8 Å². The summed E-state index contributed by atoms with van der Waals surface area (Å²) in [5.74, 6) is 0. The normalized spacial score (nSPS) is 9.96. The largest absolute Gasteiger partial charge is 1.00 e. The van der Waals surface area contributed by atoms with Crippen molar-refractivity contribution >= 4 is 27.0 Å². The van der Waals surface area contributed by atoms with Crippen molar-refractivity contribution in [1.29, 1.82) is 0 Å². The van der Waals surface area contributed by atoms with E-state index in [2.05, 4.69) is 113 Å². The Hall–Kier alpha value is -0.673. The van der Waals surface area contributed by atoms with Gasteiger partial charge in [-0.1, -0.05) is 62.6 Å². The Morgan fingerprint density at radius 2 is 1.21 bits per heavy atom. The number of benzene rings is 2. The van der Waals surface area contributed by atoms with Crippen molar-refractivity contribution in [2.45, 2.75) is 39.3 Å². The van der Waals surface area contributed by atoms with Gasteiger partial charge in [-0.15, -0.1) is 39.7 Å². The van der Waals surface area contributed by atoms with Gasteiger partial charge in [-0.3, -0.25) is 0 Å². The fourth-order valence-electron chi connectivity index (χ4n) is 2.78. The molecule has 0 nitrogen and oxygen atoms in total. The Morgan fingerprint density at radius 1 is 0.786 bits per heavy atom. The molecule has 0 radical (unpaired) electrons. The molecule has 0 aliphatic heterocycles. The average Bonchev–Trinajstić information content (AvgIpc) is 3.22. The van der Waals surface area contributed by atoms with E-state index in [0.717, 1.165) is 0 Å². The minimum Gasteiger partial charge on any atom is -1.00 e. The maximum Gasteiger partial charge on any atom is -0.0771 e. The number of hydrogen-bond donors (Lipinski definition) is 0. The summed E-state index contributed by atoms with van der Waals surface area (Å²) in [7, 11) is 0. The first-order valence-electron chi connectivity index (χ1n) is 9.06. The molecule has 4 aromatic rings. The zero-order chi connectivity index (χ0) is 19.2. The first kappa shape index (κ1) is 27.3. The summed E-state index contributed by atoms with van der Waals surface area (Å²) in [6.07, 6.45) is 0. The van der Waals surface area contributed by atoms with Gasteiger partial charge in [0.15, 0.2) is 0 Å². The van der Waals surface area contributed by atoms with Crippen LogP contribution in [0.2, 0.25) is 13.1 Å². The summed E-state index contributed by atoms with van der Waals surface area (Å²) < 4.78 is 0.